The zero-order valence-corrected chi connectivity index (χ0v) is 7.95. The lowest BCUT2D eigenvalue weighted by molar-refractivity contribution is 0.369. The van der Waals surface area contributed by atoms with E-state index in [0.717, 1.165) is 19.3 Å². The summed E-state index contributed by atoms with van der Waals surface area (Å²) in [5.41, 5.74) is 0. The van der Waals surface area contributed by atoms with Gasteiger partial charge in [-0.2, -0.15) is 0 Å². The third-order valence-corrected chi connectivity index (χ3v) is 2.43. The van der Waals surface area contributed by atoms with E-state index in [0.29, 0.717) is 19.1 Å². The zero-order chi connectivity index (χ0) is 9.03. The largest absolute Gasteiger partial charge is 0.314 e. The normalized spacial score (nSPS) is 19.1. The topological polar surface area (TPSA) is 70.2 Å². The van der Waals surface area contributed by atoms with E-state index >= 15 is 0 Å². The van der Waals surface area contributed by atoms with Crippen LogP contribution in [0.3, 0.4) is 0 Å². The molecule has 0 amide bonds. The van der Waals surface area contributed by atoms with Crippen LogP contribution in [0.25, 0.3) is 0 Å². The van der Waals surface area contributed by atoms with Crippen molar-refractivity contribution >= 4 is 10.0 Å². The molecule has 0 saturated carbocycles. The first kappa shape index (κ1) is 9.91. The van der Waals surface area contributed by atoms with Crippen LogP contribution in [0.1, 0.15) is 0 Å². The van der Waals surface area contributed by atoms with Gasteiger partial charge in [-0.1, -0.05) is 0 Å². The van der Waals surface area contributed by atoms with Crippen LogP contribution in [-0.2, 0) is 10.0 Å². The van der Waals surface area contributed by atoms with Crippen LogP contribution in [0.5, 0.6) is 0 Å². The number of sulfonamides is 1. The Hall–Kier alpha value is -0.170. The van der Waals surface area contributed by atoms with Gasteiger partial charge in [0.15, 0.2) is 0 Å². The van der Waals surface area contributed by atoms with Gasteiger partial charge in [-0.3, -0.25) is 0 Å². The van der Waals surface area contributed by atoms with Crippen LogP contribution in [0.15, 0.2) is 0 Å². The van der Waals surface area contributed by atoms with Gasteiger partial charge in [0.25, 0.3) is 0 Å². The average molecular weight is 193 g/mol. The first-order valence-corrected chi connectivity index (χ1v) is 5.86. The van der Waals surface area contributed by atoms with E-state index in [1.807, 2.05) is 0 Å². The lowest BCUT2D eigenvalue weighted by Crippen LogP contribution is -2.56. The van der Waals surface area contributed by atoms with E-state index < -0.39 is 10.0 Å². The molecular weight excluding hydrogens is 178 g/mol. The van der Waals surface area contributed by atoms with Gasteiger partial charge in [0, 0.05) is 32.2 Å². The second kappa shape index (κ2) is 4.18. The minimum atomic E-state index is -3.02. The molecule has 0 atom stereocenters. The maximum absolute atomic E-state index is 10.6. The highest BCUT2D eigenvalue weighted by atomic mass is 32.2. The van der Waals surface area contributed by atoms with Gasteiger partial charge in [0.2, 0.25) is 10.0 Å². The molecule has 0 aromatic rings. The molecule has 0 aromatic carbocycles. The predicted molar refractivity (Wildman–Crippen MR) is 47.5 cm³/mol. The summed E-state index contributed by atoms with van der Waals surface area (Å²) in [7, 11) is -3.02. The smallest absolute Gasteiger partial charge is 0.208 e. The van der Waals surface area contributed by atoms with E-state index in [-0.39, 0.29) is 0 Å². The second-order valence-corrected chi connectivity index (χ2v) is 4.81. The molecule has 72 valence electrons. The predicted octanol–water partition coefficient (Wildman–Crippen LogP) is -1.90. The third kappa shape index (κ3) is 4.01. The minimum absolute atomic E-state index is 0.468. The molecule has 1 heterocycles. The van der Waals surface area contributed by atoms with Crippen molar-refractivity contribution in [3.63, 3.8) is 0 Å². The maximum Gasteiger partial charge on any atom is 0.208 e. The number of nitrogens with one attached hydrogen (secondary N) is 3. The van der Waals surface area contributed by atoms with Gasteiger partial charge in [0.1, 0.15) is 0 Å². The highest BCUT2D eigenvalue weighted by Crippen LogP contribution is 1.88. The van der Waals surface area contributed by atoms with Crippen LogP contribution in [-0.4, -0.2) is 46.9 Å². The fourth-order valence-corrected chi connectivity index (χ4v) is 1.42. The molecule has 5 nitrogen and oxygen atoms in total. The first-order chi connectivity index (χ1) is 5.58. The van der Waals surface area contributed by atoms with E-state index in [9.17, 15) is 8.42 Å². The summed E-state index contributed by atoms with van der Waals surface area (Å²) in [5, 5.41) is 6.32. The Morgan fingerprint density at radius 2 is 2.08 bits per heavy atom. The quantitative estimate of drug-likeness (QED) is 0.446. The number of rotatable bonds is 5. The first-order valence-electron chi connectivity index (χ1n) is 3.97. The SMILES string of the molecule is CS(=O)(=O)NCCNC1CNC1. The molecule has 0 spiro atoms. The Balaban J connectivity index is 1.95. The number of hydrogen-bond acceptors (Lipinski definition) is 4. The van der Waals surface area contributed by atoms with Crippen LogP contribution >= 0.6 is 0 Å². The van der Waals surface area contributed by atoms with Crippen molar-refractivity contribution in [2.75, 3.05) is 32.4 Å². The third-order valence-electron chi connectivity index (χ3n) is 1.70. The monoisotopic (exact) mass is 193 g/mol. The molecule has 12 heavy (non-hydrogen) atoms. The van der Waals surface area contributed by atoms with Crippen molar-refractivity contribution in [3.8, 4) is 0 Å². The van der Waals surface area contributed by atoms with Crippen molar-refractivity contribution in [2.45, 2.75) is 6.04 Å². The van der Waals surface area contributed by atoms with Crippen molar-refractivity contribution in [1.82, 2.24) is 15.4 Å². The summed E-state index contributed by atoms with van der Waals surface area (Å²) in [6.07, 6.45) is 1.16. The Kier molecular flexibility index (Phi) is 3.45. The standard InChI is InChI=1S/C6H15N3O2S/c1-12(10,11)9-3-2-8-6-4-7-5-6/h6-9H,2-5H2,1H3. The highest BCUT2D eigenvalue weighted by molar-refractivity contribution is 7.88. The Labute approximate surface area is 73.0 Å². The summed E-state index contributed by atoms with van der Waals surface area (Å²) in [5.74, 6) is 0. The molecule has 6 heteroatoms. The van der Waals surface area contributed by atoms with E-state index in [4.69, 9.17) is 0 Å². The lowest BCUT2D eigenvalue weighted by atomic mass is 10.2. The minimum Gasteiger partial charge on any atom is -0.314 e. The molecule has 1 fully saturated rings. The summed E-state index contributed by atoms with van der Waals surface area (Å²) in [4.78, 5) is 0. The fourth-order valence-electron chi connectivity index (χ4n) is 0.946. The summed E-state index contributed by atoms with van der Waals surface area (Å²) < 4.78 is 23.6. The van der Waals surface area contributed by atoms with Crippen LogP contribution in [0, 0.1) is 0 Å². The zero-order valence-electron chi connectivity index (χ0n) is 7.13. The van der Waals surface area contributed by atoms with Gasteiger partial charge in [-0.25, -0.2) is 13.1 Å². The van der Waals surface area contributed by atoms with E-state index in [2.05, 4.69) is 15.4 Å². The lowest BCUT2D eigenvalue weighted by Gasteiger charge is -2.28. The molecule has 0 aromatic heterocycles. The molecule has 1 aliphatic heterocycles. The Bertz CT molecular complexity index is 223. The van der Waals surface area contributed by atoms with Gasteiger partial charge >= 0.3 is 0 Å². The second-order valence-electron chi connectivity index (χ2n) is 2.98. The molecule has 0 aliphatic carbocycles. The van der Waals surface area contributed by atoms with Crippen molar-refractivity contribution in [1.29, 1.82) is 0 Å². The fraction of sp³-hybridized carbons (Fsp3) is 1.00. The molecule has 1 saturated heterocycles. The van der Waals surface area contributed by atoms with Gasteiger partial charge in [-0.05, 0) is 0 Å². The summed E-state index contributed by atoms with van der Waals surface area (Å²) in [6.45, 7) is 3.13. The molecule has 0 bridgehead atoms. The van der Waals surface area contributed by atoms with Gasteiger partial charge < -0.3 is 10.6 Å². The van der Waals surface area contributed by atoms with Crippen LogP contribution in [0.2, 0.25) is 0 Å². The van der Waals surface area contributed by atoms with E-state index in [1.165, 1.54) is 0 Å². The summed E-state index contributed by atoms with van der Waals surface area (Å²) >= 11 is 0. The number of hydrogen-bond donors (Lipinski definition) is 3. The van der Waals surface area contributed by atoms with Gasteiger partial charge in [0.05, 0.1) is 6.26 Å². The summed E-state index contributed by atoms with van der Waals surface area (Å²) in [6, 6.07) is 0.520. The van der Waals surface area contributed by atoms with Gasteiger partial charge in [-0.15, -0.1) is 0 Å². The van der Waals surface area contributed by atoms with E-state index in [1.54, 1.807) is 0 Å². The van der Waals surface area contributed by atoms with Crippen molar-refractivity contribution in [3.05, 3.63) is 0 Å². The molecule has 0 radical (unpaired) electrons. The van der Waals surface area contributed by atoms with Crippen molar-refractivity contribution in [2.24, 2.45) is 0 Å². The molecular formula is C6H15N3O2S. The van der Waals surface area contributed by atoms with Crippen LogP contribution < -0.4 is 15.4 Å². The van der Waals surface area contributed by atoms with Crippen molar-refractivity contribution < 1.29 is 8.42 Å². The molecule has 1 rings (SSSR count). The Morgan fingerprint density at radius 1 is 1.42 bits per heavy atom. The molecule has 0 unspecified atom stereocenters. The average Bonchev–Trinajstić information content (AvgIpc) is 1.80. The maximum atomic E-state index is 10.6. The molecule has 3 N–H and O–H groups in total. The van der Waals surface area contributed by atoms with Crippen LogP contribution in [0.4, 0.5) is 0 Å². The Morgan fingerprint density at radius 3 is 2.50 bits per heavy atom. The molecule has 1 aliphatic rings. The highest BCUT2D eigenvalue weighted by Gasteiger charge is 2.14.